The van der Waals surface area contributed by atoms with Gasteiger partial charge in [-0.25, -0.2) is 4.39 Å². The van der Waals surface area contributed by atoms with E-state index in [-0.39, 0.29) is 44.1 Å². The average Bonchev–Trinajstić information content (AvgIpc) is 3.30. The molecule has 12 heteroatoms. The first kappa shape index (κ1) is 29.7. The van der Waals surface area contributed by atoms with E-state index in [1.807, 2.05) is 0 Å². The van der Waals surface area contributed by atoms with E-state index in [0.717, 1.165) is 5.56 Å². The summed E-state index contributed by atoms with van der Waals surface area (Å²) in [6.07, 6.45) is -1.25. The fraction of sp³-hybridized carbons (Fsp3) is 0.318. The van der Waals surface area contributed by atoms with Gasteiger partial charge in [0.1, 0.15) is 5.82 Å². The molecule has 2 heterocycles. The number of alkyl halides is 3. The van der Waals surface area contributed by atoms with Gasteiger partial charge in [-0.15, -0.1) is 10.2 Å². The third-order valence-corrected chi connectivity index (χ3v) is 4.69. The molecule has 4 rings (SSSR count). The molecule has 1 amide bonds. The zero-order valence-electron chi connectivity index (χ0n) is 18.3. The molecular formula is C22H23F4N4O2OsS. The number of carbonyl (C=O) groups is 1. The summed E-state index contributed by atoms with van der Waals surface area (Å²) in [7, 11) is 0.500. The predicted molar refractivity (Wildman–Crippen MR) is 119 cm³/mol. The molecule has 1 aliphatic heterocycles. The molecule has 0 unspecified atom stereocenters. The van der Waals surface area contributed by atoms with Crippen LogP contribution in [0.2, 0.25) is 0 Å². The summed E-state index contributed by atoms with van der Waals surface area (Å²) >= 11 is 4.08. The Morgan fingerprint density at radius 2 is 1.79 bits per heavy atom. The summed E-state index contributed by atoms with van der Waals surface area (Å²) in [5.74, 6) is -1.40. The molecule has 1 N–H and O–H groups in total. The van der Waals surface area contributed by atoms with Crippen molar-refractivity contribution in [3.05, 3.63) is 65.8 Å². The van der Waals surface area contributed by atoms with Gasteiger partial charge in [0.05, 0.1) is 19.6 Å². The van der Waals surface area contributed by atoms with Crippen LogP contribution in [0, 0.1) is 11.7 Å². The molecule has 1 aromatic heterocycles. The number of hydrogen-bond acceptors (Lipinski definition) is 6. The van der Waals surface area contributed by atoms with E-state index in [1.54, 1.807) is 47.6 Å². The van der Waals surface area contributed by atoms with Gasteiger partial charge >= 0.3 is 26.2 Å². The maximum atomic E-state index is 13.7. The molecular weight excluding hydrogens is 651 g/mol. The third kappa shape index (κ3) is 7.62. The van der Waals surface area contributed by atoms with Crippen LogP contribution in [0.3, 0.4) is 0 Å². The number of halogens is 4. The Kier molecular flexibility index (Phi) is 13.0. The third-order valence-electron chi connectivity index (χ3n) is 4.69. The number of nitrogens with one attached hydrogen (secondary N) is 1. The van der Waals surface area contributed by atoms with Crippen molar-refractivity contribution < 1.29 is 46.6 Å². The molecule has 0 saturated carbocycles. The first-order valence-corrected chi connectivity index (χ1v) is 10.6. The zero-order valence-corrected chi connectivity index (χ0v) is 21.7. The molecule has 1 radical (unpaired) electrons. The van der Waals surface area contributed by atoms with E-state index in [9.17, 15) is 22.4 Å². The van der Waals surface area contributed by atoms with Crippen LogP contribution in [0.5, 0.6) is 0 Å². The number of nitrogens with zero attached hydrogens (tertiary/aromatic N) is 3. The van der Waals surface area contributed by atoms with E-state index < -0.39 is 18.1 Å². The SMILES string of the molecule is CF.C[S-].O=C(C1CNC1)N(Cc1ccc(-c2nnc(C(F)F)o2)cc1)c1cccc(F)c1.[Os+]. The predicted octanol–water partition coefficient (Wildman–Crippen LogP) is 4.31. The summed E-state index contributed by atoms with van der Waals surface area (Å²) in [6.45, 7) is 1.42. The van der Waals surface area contributed by atoms with E-state index in [1.165, 1.54) is 12.1 Å². The summed E-state index contributed by atoms with van der Waals surface area (Å²) in [4.78, 5) is 14.4. The van der Waals surface area contributed by atoms with Gasteiger partial charge in [-0.05, 0) is 35.9 Å². The van der Waals surface area contributed by atoms with Crippen molar-refractivity contribution in [3.63, 3.8) is 0 Å². The number of aromatic nitrogens is 2. The van der Waals surface area contributed by atoms with Crippen molar-refractivity contribution in [2.45, 2.75) is 13.0 Å². The Morgan fingerprint density at radius 1 is 1.15 bits per heavy atom. The molecule has 2 aromatic carbocycles. The van der Waals surface area contributed by atoms with Crippen molar-refractivity contribution >= 4 is 24.2 Å². The van der Waals surface area contributed by atoms with Crippen LogP contribution in [-0.2, 0) is 43.8 Å². The molecule has 34 heavy (non-hydrogen) atoms. The van der Waals surface area contributed by atoms with Gasteiger partial charge in [0.15, 0.2) is 0 Å². The Labute approximate surface area is 213 Å². The maximum Gasteiger partial charge on any atom is 1.00 e. The van der Waals surface area contributed by atoms with E-state index in [4.69, 9.17) is 4.42 Å². The van der Waals surface area contributed by atoms with Crippen molar-refractivity contribution in [2.24, 2.45) is 5.92 Å². The van der Waals surface area contributed by atoms with E-state index in [2.05, 4.69) is 28.1 Å². The summed E-state index contributed by atoms with van der Waals surface area (Å²) in [5.41, 5.74) is 1.75. The topological polar surface area (TPSA) is 71.3 Å². The quantitative estimate of drug-likeness (QED) is 0.311. The Morgan fingerprint density at radius 3 is 2.29 bits per heavy atom. The van der Waals surface area contributed by atoms with Crippen LogP contribution in [0.4, 0.5) is 23.2 Å². The zero-order chi connectivity index (χ0) is 24.4. The smallest absolute Gasteiger partial charge is 0.796 e. The minimum atomic E-state index is -2.83. The van der Waals surface area contributed by atoms with Gasteiger partial charge in [0.25, 0.3) is 5.89 Å². The van der Waals surface area contributed by atoms with Gasteiger partial charge in [0.2, 0.25) is 11.8 Å². The number of carbonyl (C=O) groups excluding carboxylic acids is 1. The number of rotatable bonds is 6. The van der Waals surface area contributed by atoms with Crippen LogP contribution in [-0.4, -0.2) is 42.6 Å². The van der Waals surface area contributed by atoms with Crippen LogP contribution < -0.4 is 10.2 Å². The van der Waals surface area contributed by atoms with Gasteiger partial charge in [-0.2, -0.15) is 15.0 Å². The second-order valence-electron chi connectivity index (χ2n) is 6.70. The van der Waals surface area contributed by atoms with Gasteiger partial charge in [-0.1, -0.05) is 18.2 Å². The fourth-order valence-electron chi connectivity index (χ4n) is 3.00. The van der Waals surface area contributed by atoms with Crippen molar-refractivity contribution in [3.8, 4) is 11.5 Å². The van der Waals surface area contributed by atoms with E-state index in [0.29, 0.717) is 31.5 Å². The number of amides is 1. The maximum absolute atomic E-state index is 13.7. The number of benzene rings is 2. The normalized spacial score (nSPS) is 12.4. The monoisotopic (exact) mass is 675 g/mol. The minimum absolute atomic E-state index is 0. The van der Waals surface area contributed by atoms with Crippen LogP contribution >= 0.6 is 0 Å². The summed E-state index contributed by atoms with van der Waals surface area (Å²) in [5, 5.41) is 9.99. The molecule has 6 nitrogen and oxygen atoms in total. The minimum Gasteiger partial charge on any atom is -0.796 e. The summed E-state index contributed by atoms with van der Waals surface area (Å²) in [6, 6.07) is 12.7. The Balaban J connectivity index is 0.00000110. The molecule has 185 valence electrons. The summed E-state index contributed by atoms with van der Waals surface area (Å²) < 4.78 is 53.3. The van der Waals surface area contributed by atoms with Gasteiger partial charge in [-0.3, -0.25) is 9.18 Å². The Hall–Kier alpha value is -2.28. The first-order chi connectivity index (χ1) is 16.0. The molecule has 0 bridgehead atoms. The first-order valence-electron chi connectivity index (χ1n) is 9.78. The number of anilines is 1. The molecule has 0 aliphatic carbocycles. The fourth-order valence-corrected chi connectivity index (χ4v) is 3.00. The second kappa shape index (κ2) is 14.9. The van der Waals surface area contributed by atoms with Crippen LogP contribution in [0.25, 0.3) is 11.5 Å². The van der Waals surface area contributed by atoms with Crippen molar-refractivity contribution in [1.29, 1.82) is 0 Å². The van der Waals surface area contributed by atoms with E-state index >= 15 is 0 Å². The molecule has 3 aromatic rings. The van der Waals surface area contributed by atoms with Gasteiger partial charge < -0.3 is 27.3 Å². The molecule has 1 aliphatic rings. The molecule has 1 fully saturated rings. The molecule has 1 saturated heterocycles. The second-order valence-corrected chi connectivity index (χ2v) is 6.70. The molecule has 0 spiro atoms. The van der Waals surface area contributed by atoms with Gasteiger partial charge in [0, 0.05) is 24.3 Å². The van der Waals surface area contributed by atoms with Crippen LogP contribution in [0.15, 0.2) is 52.9 Å². The largest absolute Gasteiger partial charge is 1.00 e. The standard InChI is InChI=1S/C20H17F3N4O2.CH3F.CH4S.Os/c21-15-2-1-3-16(8-15)27(20(28)14-9-24-10-14)11-12-4-6-13(7-5-12)18-25-26-19(29-18)17(22)23;2*1-2;/h1-8,14,17,24H,9-11H2;1H3;2H,1H3;/q;;;+1/p-1. The van der Waals surface area contributed by atoms with Crippen LogP contribution in [0.1, 0.15) is 17.9 Å². The average molecular weight is 674 g/mol. The van der Waals surface area contributed by atoms with Crippen molar-refractivity contribution in [1.82, 2.24) is 15.5 Å². The molecule has 0 atom stereocenters. The Bertz CT molecular complexity index is 1020. The number of hydrogen-bond donors (Lipinski definition) is 1. The van der Waals surface area contributed by atoms with Crippen molar-refractivity contribution in [2.75, 3.05) is 31.4 Å².